The van der Waals surface area contributed by atoms with Gasteiger partial charge in [0.1, 0.15) is 71.6 Å². The summed E-state index contributed by atoms with van der Waals surface area (Å²) in [6.45, 7) is 0.964. The Morgan fingerprint density at radius 2 is 1.53 bits per heavy atom. The normalized spacial score (nSPS) is 36.0. The van der Waals surface area contributed by atoms with Crippen LogP contribution in [-0.2, 0) is 14.2 Å². The summed E-state index contributed by atoms with van der Waals surface area (Å²) in [6.07, 6.45) is -15.9. The van der Waals surface area contributed by atoms with Crippen molar-refractivity contribution < 1.29 is 74.1 Å². The fraction of sp³-hybridized carbons (Fsp3) is 0.536. The van der Waals surface area contributed by atoms with Gasteiger partial charge in [0.05, 0.1) is 26.2 Å². The van der Waals surface area contributed by atoms with E-state index < -0.39 is 85.7 Å². The highest BCUT2D eigenvalue weighted by Gasteiger charge is 2.47. The number of ketones is 1. The highest BCUT2D eigenvalue weighted by atomic mass is 16.7. The highest BCUT2D eigenvalue weighted by Crippen LogP contribution is 2.43. The molecule has 2 aromatic rings. The molecule has 6 unspecified atom stereocenters. The number of methoxy groups -OCH3 is 1. The number of benzene rings is 2. The molecular weight excluding hydrogens is 576 g/mol. The first kappa shape index (κ1) is 31.2. The van der Waals surface area contributed by atoms with E-state index in [1.807, 2.05) is 0 Å². The number of ether oxygens (including phenoxy) is 6. The van der Waals surface area contributed by atoms with Crippen LogP contribution in [0.15, 0.2) is 30.3 Å². The minimum atomic E-state index is -1.77. The van der Waals surface area contributed by atoms with Gasteiger partial charge < -0.3 is 69.3 Å². The van der Waals surface area contributed by atoms with Crippen LogP contribution in [0.2, 0.25) is 0 Å². The summed E-state index contributed by atoms with van der Waals surface area (Å²) in [7, 11) is 1.39. The van der Waals surface area contributed by atoms with Gasteiger partial charge in [-0.1, -0.05) is 6.07 Å². The van der Waals surface area contributed by atoms with Crippen molar-refractivity contribution in [2.24, 2.45) is 0 Å². The standard InChI is InChI=1S/C28H34O15/c1-10-21(32)23(34)25(36)27(40-10)39-9-19-22(33)24(35)26(37)28(43-19)41-12-6-14(30)20-15(31)8-17(42-18(20)7-12)11-3-4-16(38-2)13(29)5-11/h3-7,10,17,19,21-30,32-37H,8-9H2,1-2H3/t10?,17-,19?,21-,22+,23?,24?,25?,26?,27+,28+/m0/s1. The first-order chi connectivity index (χ1) is 20.4. The number of hydrogen-bond acceptors (Lipinski definition) is 15. The van der Waals surface area contributed by atoms with Gasteiger partial charge in [-0.05, 0) is 24.6 Å². The van der Waals surface area contributed by atoms with Crippen molar-refractivity contribution in [2.45, 2.75) is 80.9 Å². The number of aromatic hydroxyl groups is 2. The van der Waals surface area contributed by atoms with Crippen LogP contribution in [0.1, 0.15) is 35.4 Å². The predicted octanol–water partition coefficient (Wildman–Crippen LogP) is -1.16. The van der Waals surface area contributed by atoms with E-state index in [-0.39, 0.29) is 35.0 Å². The molecule has 0 saturated carbocycles. The van der Waals surface area contributed by atoms with Gasteiger partial charge in [-0.15, -0.1) is 0 Å². The second kappa shape index (κ2) is 12.4. The van der Waals surface area contributed by atoms with Gasteiger partial charge in [0.25, 0.3) is 0 Å². The minimum Gasteiger partial charge on any atom is -0.507 e. The average molecular weight is 611 g/mol. The van der Waals surface area contributed by atoms with E-state index in [4.69, 9.17) is 28.4 Å². The zero-order chi connectivity index (χ0) is 31.2. The van der Waals surface area contributed by atoms with Crippen molar-refractivity contribution in [2.75, 3.05) is 13.7 Å². The summed E-state index contributed by atoms with van der Waals surface area (Å²) in [5.41, 5.74) is 0.373. The summed E-state index contributed by atoms with van der Waals surface area (Å²) in [5, 5.41) is 82.2. The van der Waals surface area contributed by atoms with Gasteiger partial charge in [0, 0.05) is 12.1 Å². The molecule has 0 aliphatic carbocycles. The lowest BCUT2D eigenvalue weighted by molar-refractivity contribution is -0.318. The summed E-state index contributed by atoms with van der Waals surface area (Å²) in [6, 6.07) is 6.90. The van der Waals surface area contributed by atoms with Gasteiger partial charge in [-0.3, -0.25) is 4.79 Å². The van der Waals surface area contributed by atoms with Gasteiger partial charge in [-0.2, -0.15) is 0 Å². The SMILES string of the molecule is COc1ccc([C@@H]2CC(=O)c3c(O)cc(O[C@@H]4OC(CO[C@@H]5OC(C)[C@H](O)C(O)C5O)[C@@H](O)C(O)C4O)cc3O2)cc1O. The third-order valence-electron chi connectivity index (χ3n) is 7.70. The maximum Gasteiger partial charge on any atom is 0.229 e. The number of phenolic OH excluding ortho intramolecular Hbond substituents is 2. The van der Waals surface area contributed by atoms with Crippen LogP contribution in [0, 0.1) is 0 Å². The van der Waals surface area contributed by atoms with Gasteiger partial charge in [0.2, 0.25) is 6.29 Å². The molecule has 15 heteroatoms. The third kappa shape index (κ3) is 6.08. The Bertz CT molecular complexity index is 1320. The molecule has 0 aromatic heterocycles. The number of rotatable bonds is 7. The largest absolute Gasteiger partial charge is 0.507 e. The van der Waals surface area contributed by atoms with Gasteiger partial charge in [0.15, 0.2) is 23.6 Å². The molecule has 2 aromatic carbocycles. The zero-order valence-corrected chi connectivity index (χ0v) is 23.1. The topological polar surface area (TPSA) is 234 Å². The molecule has 236 valence electrons. The lowest BCUT2D eigenvalue weighted by Gasteiger charge is -2.42. The Morgan fingerprint density at radius 3 is 2.23 bits per heavy atom. The van der Waals surface area contributed by atoms with E-state index in [2.05, 4.69) is 0 Å². The molecule has 43 heavy (non-hydrogen) atoms. The smallest absolute Gasteiger partial charge is 0.229 e. The summed E-state index contributed by atoms with van der Waals surface area (Å²) in [4.78, 5) is 12.9. The van der Waals surface area contributed by atoms with Crippen LogP contribution < -0.4 is 14.2 Å². The molecule has 5 rings (SSSR count). The second-order valence-corrected chi connectivity index (χ2v) is 10.6. The van der Waals surface area contributed by atoms with Crippen molar-refractivity contribution >= 4 is 5.78 Å². The Hall–Kier alpha value is -3.25. The van der Waals surface area contributed by atoms with E-state index in [1.165, 1.54) is 32.2 Å². The van der Waals surface area contributed by atoms with Crippen LogP contribution in [0.5, 0.6) is 28.7 Å². The maximum absolute atomic E-state index is 12.9. The van der Waals surface area contributed by atoms with Crippen molar-refractivity contribution in [3.63, 3.8) is 0 Å². The van der Waals surface area contributed by atoms with Crippen LogP contribution in [0.4, 0.5) is 0 Å². The summed E-state index contributed by atoms with van der Waals surface area (Å²) < 4.78 is 33.1. The lowest BCUT2D eigenvalue weighted by Crippen LogP contribution is -2.61. The van der Waals surface area contributed by atoms with E-state index in [9.17, 15) is 45.6 Å². The lowest BCUT2D eigenvalue weighted by atomic mass is 9.95. The Balaban J connectivity index is 1.30. The number of aliphatic hydroxyl groups is 6. The maximum atomic E-state index is 12.9. The van der Waals surface area contributed by atoms with Crippen molar-refractivity contribution in [1.29, 1.82) is 0 Å². The second-order valence-electron chi connectivity index (χ2n) is 10.6. The third-order valence-corrected chi connectivity index (χ3v) is 7.70. The first-order valence-electron chi connectivity index (χ1n) is 13.5. The van der Waals surface area contributed by atoms with Crippen LogP contribution >= 0.6 is 0 Å². The fourth-order valence-electron chi connectivity index (χ4n) is 5.20. The minimum absolute atomic E-state index is 0.0457. The van der Waals surface area contributed by atoms with Crippen molar-refractivity contribution in [3.05, 3.63) is 41.5 Å². The summed E-state index contributed by atoms with van der Waals surface area (Å²) >= 11 is 0. The monoisotopic (exact) mass is 610 g/mol. The number of aliphatic hydroxyl groups excluding tert-OH is 6. The van der Waals surface area contributed by atoms with E-state index in [1.54, 1.807) is 6.07 Å². The molecule has 3 heterocycles. The van der Waals surface area contributed by atoms with Crippen LogP contribution in [0.25, 0.3) is 0 Å². The molecule has 0 bridgehead atoms. The molecule has 3 aliphatic rings. The molecule has 3 aliphatic heterocycles. The number of fused-ring (bicyclic) bond motifs is 1. The highest BCUT2D eigenvalue weighted by molar-refractivity contribution is 6.02. The molecule has 15 nitrogen and oxygen atoms in total. The van der Waals surface area contributed by atoms with E-state index in [0.717, 1.165) is 6.07 Å². The van der Waals surface area contributed by atoms with Crippen molar-refractivity contribution in [3.8, 4) is 28.7 Å². The van der Waals surface area contributed by atoms with Gasteiger partial charge >= 0.3 is 0 Å². The number of carbonyl (C=O) groups excluding carboxylic acids is 1. The molecule has 0 radical (unpaired) electrons. The van der Waals surface area contributed by atoms with E-state index in [0.29, 0.717) is 5.56 Å². The Morgan fingerprint density at radius 1 is 0.837 bits per heavy atom. The molecule has 2 saturated heterocycles. The molecule has 0 spiro atoms. The fourth-order valence-corrected chi connectivity index (χ4v) is 5.20. The van der Waals surface area contributed by atoms with E-state index >= 15 is 0 Å². The Kier molecular flexibility index (Phi) is 8.99. The number of hydrogen-bond donors (Lipinski definition) is 8. The molecule has 11 atom stereocenters. The number of carbonyl (C=O) groups is 1. The number of phenols is 2. The molecule has 8 N–H and O–H groups in total. The number of Topliss-reactive ketones (excluding diaryl/α,β-unsaturated/α-hetero) is 1. The quantitative estimate of drug-likeness (QED) is 0.185. The molecular formula is C28H34O15. The average Bonchev–Trinajstić information content (AvgIpc) is 2.97. The first-order valence-corrected chi connectivity index (χ1v) is 13.5. The van der Waals surface area contributed by atoms with Crippen LogP contribution in [-0.4, -0.2) is 122 Å². The summed E-state index contributed by atoms with van der Waals surface area (Å²) in [5.74, 6) is -0.999. The predicted molar refractivity (Wildman–Crippen MR) is 141 cm³/mol. The zero-order valence-electron chi connectivity index (χ0n) is 23.1. The van der Waals surface area contributed by atoms with Crippen LogP contribution in [0.3, 0.4) is 0 Å². The van der Waals surface area contributed by atoms with Gasteiger partial charge in [-0.25, -0.2) is 0 Å². The molecule has 0 amide bonds. The molecule has 2 fully saturated rings. The Labute approximate surface area is 245 Å². The van der Waals surface area contributed by atoms with Crippen molar-refractivity contribution in [1.82, 2.24) is 0 Å².